The maximum absolute atomic E-state index is 12.4. The number of carbonyl (C=O) groups is 1. The number of hydrogen-bond donors (Lipinski definition) is 1. The third-order valence-electron chi connectivity index (χ3n) is 4.98. The van der Waals surface area contributed by atoms with Crippen molar-refractivity contribution in [1.29, 1.82) is 0 Å². The zero-order valence-corrected chi connectivity index (χ0v) is 14.6. The van der Waals surface area contributed by atoms with E-state index in [0.717, 1.165) is 25.9 Å². The van der Waals surface area contributed by atoms with E-state index in [4.69, 9.17) is 0 Å². The molecular weight excluding hydrogens is 296 g/mol. The van der Waals surface area contributed by atoms with Crippen LogP contribution in [0.4, 0.5) is 4.79 Å². The van der Waals surface area contributed by atoms with Crippen LogP contribution in [0.3, 0.4) is 0 Å². The number of carbonyl (C=O) groups excluding carboxylic acids is 1. The zero-order valence-electron chi connectivity index (χ0n) is 14.6. The van der Waals surface area contributed by atoms with E-state index in [9.17, 15) is 4.79 Å². The molecule has 3 nitrogen and oxygen atoms in total. The van der Waals surface area contributed by atoms with Crippen LogP contribution in [0.2, 0.25) is 0 Å². The first-order chi connectivity index (χ1) is 11.6. The van der Waals surface area contributed by atoms with E-state index in [2.05, 4.69) is 67.7 Å². The first kappa shape index (κ1) is 16.6. The second-order valence-corrected chi connectivity index (χ2v) is 6.76. The molecule has 2 amide bonds. The molecule has 126 valence electrons. The molecule has 3 rings (SSSR count). The van der Waals surface area contributed by atoms with Gasteiger partial charge in [0, 0.05) is 19.6 Å². The van der Waals surface area contributed by atoms with E-state index in [1.165, 1.54) is 22.3 Å². The minimum absolute atomic E-state index is 0.0569. The van der Waals surface area contributed by atoms with Gasteiger partial charge in [0.25, 0.3) is 0 Å². The van der Waals surface area contributed by atoms with Crippen molar-refractivity contribution in [2.75, 3.05) is 13.1 Å². The van der Waals surface area contributed by atoms with Crippen molar-refractivity contribution >= 4 is 6.03 Å². The number of piperidine rings is 1. The van der Waals surface area contributed by atoms with Crippen molar-refractivity contribution < 1.29 is 4.79 Å². The topological polar surface area (TPSA) is 32.3 Å². The van der Waals surface area contributed by atoms with Crippen LogP contribution in [0.1, 0.15) is 41.0 Å². The van der Waals surface area contributed by atoms with Crippen molar-refractivity contribution in [1.82, 2.24) is 10.2 Å². The van der Waals surface area contributed by atoms with Crippen LogP contribution in [0.15, 0.2) is 48.5 Å². The summed E-state index contributed by atoms with van der Waals surface area (Å²) in [5.41, 5.74) is 5.07. The number of benzene rings is 2. The summed E-state index contributed by atoms with van der Waals surface area (Å²) in [6.45, 7) is 6.45. The molecule has 0 unspecified atom stereocenters. The number of amides is 2. The molecule has 24 heavy (non-hydrogen) atoms. The lowest BCUT2D eigenvalue weighted by atomic mass is 9.90. The number of urea groups is 1. The Kier molecular flexibility index (Phi) is 5.19. The molecule has 1 N–H and O–H groups in total. The van der Waals surface area contributed by atoms with Crippen LogP contribution in [-0.2, 0) is 6.54 Å². The molecule has 1 aliphatic heterocycles. The maximum Gasteiger partial charge on any atom is 0.317 e. The average Bonchev–Trinajstić information content (AvgIpc) is 2.62. The Bertz CT molecular complexity index is 688. The van der Waals surface area contributed by atoms with E-state index >= 15 is 0 Å². The number of likely N-dealkylation sites (tertiary alicyclic amines) is 1. The Hall–Kier alpha value is -2.29. The minimum Gasteiger partial charge on any atom is -0.334 e. The van der Waals surface area contributed by atoms with Crippen LogP contribution in [0, 0.1) is 13.8 Å². The predicted octanol–water partition coefficient (Wildman–Crippen LogP) is 4.39. The third-order valence-corrected chi connectivity index (χ3v) is 4.98. The summed E-state index contributed by atoms with van der Waals surface area (Å²) in [5.74, 6) is 0.578. The highest BCUT2D eigenvalue weighted by Gasteiger charge is 2.23. The molecule has 0 bridgehead atoms. The van der Waals surface area contributed by atoms with Crippen molar-refractivity contribution in [2.45, 2.75) is 39.2 Å². The molecule has 1 fully saturated rings. The summed E-state index contributed by atoms with van der Waals surface area (Å²) in [6.07, 6.45) is 2.09. The highest BCUT2D eigenvalue weighted by molar-refractivity contribution is 5.74. The van der Waals surface area contributed by atoms with Gasteiger partial charge in [0.1, 0.15) is 0 Å². The highest BCUT2D eigenvalue weighted by atomic mass is 16.2. The van der Waals surface area contributed by atoms with Crippen molar-refractivity contribution in [3.8, 4) is 0 Å². The molecule has 3 heteroatoms. The van der Waals surface area contributed by atoms with E-state index in [-0.39, 0.29) is 6.03 Å². The van der Waals surface area contributed by atoms with Gasteiger partial charge in [0.05, 0.1) is 0 Å². The lowest BCUT2D eigenvalue weighted by Gasteiger charge is -2.32. The molecule has 2 aromatic rings. The van der Waals surface area contributed by atoms with E-state index < -0.39 is 0 Å². The fraction of sp³-hybridized carbons (Fsp3) is 0.381. The lowest BCUT2D eigenvalue weighted by molar-refractivity contribution is 0.181. The molecular formula is C21H26N2O. The minimum atomic E-state index is 0.0569. The number of hydrogen-bond acceptors (Lipinski definition) is 1. The molecule has 2 aromatic carbocycles. The van der Waals surface area contributed by atoms with Gasteiger partial charge in [0.2, 0.25) is 0 Å². The van der Waals surface area contributed by atoms with Crippen LogP contribution in [0.5, 0.6) is 0 Å². The second-order valence-electron chi connectivity index (χ2n) is 6.76. The van der Waals surface area contributed by atoms with Gasteiger partial charge in [-0.15, -0.1) is 0 Å². The van der Waals surface area contributed by atoms with Gasteiger partial charge in [-0.25, -0.2) is 4.79 Å². The molecule has 0 radical (unpaired) electrons. The number of nitrogens with one attached hydrogen (secondary N) is 1. The number of rotatable bonds is 3. The van der Waals surface area contributed by atoms with Crippen molar-refractivity contribution in [3.63, 3.8) is 0 Å². The Morgan fingerprint density at radius 1 is 1.08 bits per heavy atom. The molecule has 0 aliphatic carbocycles. The van der Waals surface area contributed by atoms with Gasteiger partial charge in [0.15, 0.2) is 0 Å². The molecule has 1 aliphatic rings. The van der Waals surface area contributed by atoms with Gasteiger partial charge in [-0.05, 0) is 49.3 Å². The number of nitrogens with zero attached hydrogens (tertiary/aromatic N) is 1. The lowest BCUT2D eigenvalue weighted by Crippen LogP contribution is -2.43. The monoisotopic (exact) mass is 322 g/mol. The summed E-state index contributed by atoms with van der Waals surface area (Å²) in [7, 11) is 0. The first-order valence-corrected chi connectivity index (χ1v) is 8.77. The van der Waals surface area contributed by atoms with Crippen LogP contribution >= 0.6 is 0 Å². The quantitative estimate of drug-likeness (QED) is 0.893. The van der Waals surface area contributed by atoms with E-state index in [1.807, 2.05) is 4.90 Å². The van der Waals surface area contributed by atoms with Crippen LogP contribution < -0.4 is 5.32 Å². The summed E-state index contributed by atoms with van der Waals surface area (Å²) in [6, 6.07) is 17.1. The van der Waals surface area contributed by atoms with Gasteiger partial charge in [-0.3, -0.25) is 0 Å². The Labute approximate surface area is 144 Å². The van der Waals surface area contributed by atoms with Crippen LogP contribution in [0.25, 0.3) is 0 Å². The van der Waals surface area contributed by atoms with E-state index in [0.29, 0.717) is 12.5 Å². The molecule has 0 saturated carbocycles. The summed E-state index contributed by atoms with van der Waals surface area (Å²) in [5, 5.41) is 3.07. The first-order valence-electron chi connectivity index (χ1n) is 8.77. The summed E-state index contributed by atoms with van der Waals surface area (Å²) in [4.78, 5) is 14.4. The van der Waals surface area contributed by atoms with E-state index in [1.54, 1.807) is 0 Å². The Balaban J connectivity index is 1.50. The standard InChI is InChI=1S/C21H26N2O/c1-16-8-9-20(17(2)14-16)15-22-21(24)23-12-10-19(11-13-23)18-6-4-3-5-7-18/h3-9,14,19H,10-13,15H2,1-2H3,(H,22,24). The van der Waals surface area contributed by atoms with Gasteiger partial charge in [-0.1, -0.05) is 54.1 Å². The second kappa shape index (κ2) is 7.52. The Morgan fingerprint density at radius 3 is 2.46 bits per heavy atom. The third kappa shape index (κ3) is 3.97. The normalized spacial score (nSPS) is 15.3. The largest absolute Gasteiger partial charge is 0.334 e. The van der Waals surface area contributed by atoms with Gasteiger partial charge < -0.3 is 10.2 Å². The van der Waals surface area contributed by atoms with Crippen molar-refractivity contribution in [3.05, 3.63) is 70.8 Å². The SMILES string of the molecule is Cc1ccc(CNC(=O)N2CCC(c3ccccc3)CC2)c(C)c1. The molecule has 1 saturated heterocycles. The number of aryl methyl sites for hydroxylation is 2. The molecule has 0 atom stereocenters. The van der Waals surface area contributed by atoms with Gasteiger partial charge in [-0.2, -0.15) is 0 Å². The smallest absolute Gasteiger partial charge is 0.317 e. The molecule has 1 heterocycles. The zero-order chi connectivity index (χ0) is 16.9. The maximum atomic E-state index is 12.4. The fourth-order valence-electron chi connectivity index (χ4n) is 3.47. The predicted molar refractivity (Wildman–Crippen MR) is 98.1 cm³/mol. The summed E-state index contributed by atoms with van der Waals surface area (Å²) >= 11 is 0. The van der Waals surface area contributed by atoms with Crippen LogP contribution in [-0.4, -0.2) is 24.0 Å². The molecule has 0 spiro atoms. The Morgan fingerprint density at radius 2 is 1.79 bits per heavy atom. The van der Waals surface area contributed by atoms with Crippen molar-refractivity contribution in [2.24, 2.45) is 0 Å². The molecule has 0 aromatic heterocycles. The summed E-state index contributed by atoms with van der Waals surface area (Å²) < 4.78 is 0. The van der Waals surface area contributed by atoms with Gasteiger partial charge >= 0.3 is 6.03 Å². The fourth-order valence-corrected chi connectivity index (χ4v) is 3.47. The highest BCUT2D eigenvalue weighted by Crippen LogP contribution is 2.27. The average molecular weight is 322 g/mol.